The zero-order chi connectivity index (χ0) is 13.6. The molecule has 0 fully saturated rings. The normalized spacial score (nSPS) is 9.55. The predicted molar refractivity (Wildman–Crippen MR) is 92.0 cm³/mol. The highest BCUT2D eigenvalue weighted by molar-refractivity contribution is 5.85. The van der Waals surface area contributed by atoms with E-state index in [1.54, 1.807) is 4.90 Å². The first-order valence-corrected chi connectivity index (χ1v) is 7.88. The molecule has 0 bridgehead atoms. The molecule has 4 heteroatoms. The lowest BCUT2D eigenvalue weighted by Gasteiger charge is -2.09. The third kappa shape index (κ3) is 17.7. The van der Waals surface area contributed by atoms with Gasteiger partial charge in [0.1, 0.15) is 0 Å². The van der Waals surface area contributed by atoms with E-state index in [2.05, 4.69) is 6.92 Å². The van der Waals surface area contributed by atoms with Crippen LogP contribution >= 0.6 is 12.4 Å². The van der Waals surface area contributed by atoms with Crippen LogP contribution in [0.15, 0.2) is 0 Å². The first-order valence-electron chi connectivity index (χ1n) is 7.88. The Bertz CT molecular complexity index is 199. The summed E-state index contributed by atoms with van der Waals surface area (Å²) in [6.07, 6.45) is 15.4. The number of carbonyl (C=O) groups excluding carboxylic acids is 1. The summed E-state index contributed by atoms with van der Waals surface area (Å²) in [5.41, 5.74) is 0. The van der Waals surface area contributed by atoms with Crippen LogP contribution in [-0.4, -0.2) is 24.9 Å². The van der Waals surface area contributed by atoms with E-state index >= 15 is 0 Å². The number of hydrogen-bond donors (Lipinski definition) is 1. The van der Waals surface area contributed by atoms with E-state index in [9.17, 15) is 4.79 Å². The number of unbranched alkanes of at least 4 members (excludes halogenated alkanes) is 10. The molecule has 124 valence electrons. The summed E-state index contributed by atoms with van der Waals surface area (Å²) in [4.78, 5) is 13.0. The fraction of sp³-hybridized carbons (Fsp3) is 0.938. The summed E-state index contributed by atoms with van der Waals surface area (Å²) < 4.78 is 0. The largest absolute Gasteiger partial charge is 0.349 e. The molecular formula is C16H37ClN2O. The summed E-state index contributed by atoms with van der Waals surface area (Å²) in [5, 5.41) is 0. The Labute approximate surface area is 132 Å². The quantitative estimate of drug-likeness (QED) is 0.493. The SMILES string of the molecule is CCCCCCCCCCCCCC(=O)N(C)C.Cl.N. The van der Waals surface area contributed by atoms with E-state index in [0.717, 1.165) is 12.8 Å². The molecule has 0 radical (unpaired) electrons. The van der Waals surface area contributed by atoms with Crippen molar-refractivity contribution in [1.29, 1.82) is 0 Å². The van der Waals surface area contributed by atoms with Gasteiger partial charge in [-0.1, -0.05) is 71.1 Å². The maximum absolute atomic E-state index is 11.3. The van der Waals surface area contributed by atoms with Crippen molar-refractivity contribution in [2.45, 2.75) is 84.0 Å². The van der Waals surface area contributed by atoms with Crippen LogP contribution < -0.4 is 6.15 Å². The molecule has 0 unspecified atom stereocenters. The molecule has 0 rings (SSSR count). The smallest absolute Gasteiger partial charge is 0.222 e. The maximum Gasteiger partial charge on any atom is 0.222 e. The molecule has 0 spiro atoms. The fourth-order valence-electron chi connectivity index (χ4n) is 2.16. The molecule has 0 aliphatic rings. The van der Waals surface area contributed by atoms with Crippen LogP contribution in [0.5, 0.6) is 0 Å². The number of amides is 1. The molecule has 0 aliphatic heterocycles. The number of carbonyl (C=O) groups is 1. The van der Waals surface area contributed by atoms with Crippen molar-refractivity contribution in [2.75, 3.05) is 14.1 Å². The van der Waals surface area contributed by atoms with Gasteiger partial charge in [0.05, 0.1) is 0 Å². The number of nitrogens with zero attached hydrogens (tertiary/aromatic N) is 1. The lowest BCUT2D eigenvalue weighted by Crippen LogP contribution is -2.20. The summed E-state index contributed by atoms with van der Waals surface area (Å²) in [6, 6.07) is 0. The monoisotopic (exact) mass is 308 g/mol. The van der Waals surface area contributed by atoms with Crippen LogP contribution in [0.25, 0.3) is 0 Å². The van der Waals surface area contributed by atoms with Gasteiger partial charge in [0, 0.05) is 20.5 Å². The highest BCUT2D eigenvalue weighted by Crippen LogP contribution is 2.12. The Kier molecular flexibility index (Phi) is 23.1. The summed E-state index contributed by atoms with van der Waals surface area (Å²) in [5.74, 6) is 0.269. The molecule has 0 aromatic heterocycles. The Balaban J connectivity index is -0.00000144. The van der Waals surface area contributed by atoms with E-state index in [0.29, 0.717) is 0 Å². The zero-order valence-corrected chi connectivity index (χ0v) is 14.8. The standard InChI is InChI=1S/C16H33NO.ClH.H3N/c1-4-5-6-7-8-9-10-11-12-13-14-15-16(18)17(2)3;;/h4-15H2,1-3H3;1H;1H3. The molecule has 0 atom stereocenters. The Hall–Kier alpha value is -0.280. The second-order valence-corrected chi connectivity index (χ2v) is 5.57. The fourth-order valence-corrected chi connectivity index (χ4v) is 2.16. The molecule has 0 aromatic carbocycles. The minimum atomic E-state index is 0. The Morgan fingerprint density at radius 2 is 1.10 bits per heavy atom. The van der Waals surface area contributed by atoms with Crippen molar-refractivity contribution in [3.63, 3.8) is 0 Å². The second-order valence-electron chi connectivity index (χ2n) is 5.57. The molecule has 0 saturated heterocycles. The molecule has 0 heterocycles. The highest BCUT2D eigenvalue weighted by Gasteiger charge is 2.02. The van der Waals surface area contributed by atoms with E-state index in [1.807, 2.05) is 14.1 Å². The second kappa shape index (κ2) is 18.7. The Morgan fingerprint density at radius 1 is 0.750 bits per heavy atom. The van der Waals surface area contributed by atoms with Crippen molar-refractivity contribution in [2.24, 2.45) is 0 Å². The third-order valence-corrected chi connectivity index (χ3v) is 3.49. The molecule has 0 aromatic rings. The first kappa shape index (κ1) is 24.7. The molecule has 3 nitrogen and oxygen atoms in total. The minimum absolute atomic E-state index is 0. The minimum Gasteiger partial charge on any atom is -0.349 e. The topological polar surface area (TPSA) is 55.3 Å². The summed E-state index contributed by atoms with van der Waals surface area (Å²) in [7, 11) is 3.67. The lowest BCUT2D eigenvalue weighted by molar-refractivity contribution is -0.128. The van der Waals surface area contributed by atoms with Gasteiger partial charge < -0.3 is 11.1 Å². The van der Waals surface area contributed by atoms with Crippen molar-refractivity contribution in [3.05, 3.63) is 0 Å². The summed E-state index contributed by atoms with van der Waals surface area (Å²) in [6.45, 7) is 2.26. The van der Waals surface area contributed by atoms with Crippen LogP contribution in [0.4, 0.5) is 0 Å². The number of rotatable bonds is 12. The van der Waals surface area contributed by atoms with Crippen molar-refractivity contribution in [3.8, 4) is 0 Å². The van der Waals surface area contributed by atoms with E-state index in [1.165, 1.54) is 64.2 Å². The molecule has 1 amide bonds. The van der Waals surface area contributed by atoms with Gasteiger partial charge in [-0.05, 0) is 6.42 Å². The van der Waals surface area contributed by atoms with Crippen LogP contribution in [0.2, 0.25) is 0 Å². The lowest BCUT2D eigenvalue weighted by atomic mass is 10.1. The molecular weight excluding hydrogens is 272 g/mol. The van der Waals surface area contributed by atoms with Gasteiger partial charge in [-0.15, -0.1) is 12.4 Å². The van der Waals surface area contributed by atoms with Gasteiger partial charge in [0.15, 0.2) is 0 Å². The van der Waals surface area contributed by atoms with E-state index < -0.39 is 0 Å². The van der Waals surface area contributed by atoms with Crippen LogP contribution in [0, 0.1) is 0 Å². The third-order valence-electron chi connectivity index (χ3n) is 3.49. The van der Waals surface area contributed by atoms with Gasteiger partial charge >= 0.3 is 0 Å². The molecule has 3 N–H and O–H groups in total. The summed E-state index contributed by atoms with van der Waals surface area (Å²) >= 11 is 0. The van der Waals surface area contributed by atoms with Gasteiger partial charge in [0.2, 0.25) is 5.91 Å². The zero-order valence-electron chi connectivity index (χ0n) is 14.0. The average Bonchev–Trinajstić information content (AvgIpc) is 2.35. The molecule has 0 saturated carbocycles. The molecule has 0 aliphatic carbocycles. The molecule has 20 heavy (non-hydrogen) atoms. The van der Waals surface area contributed by atoms with Crippen LogP contribution in [0.1, 0.15) is 84.0 Å². The average molecular weight is 309 g/mol. The van der Waals surface area contributed by atoms with E-state index in [-0.39, 0.29) is 24.5 Å². The predicted octanol–water partition coefficient (Wildman–Crippen LogP) is 5.36. The van der Waals surface area contributed by atoms with Gasteiger partial charge in [-0.25, -0.2) is 0 Å². The first-order chi connectivity index (χ1) is 8.68. The van der Waals surface area contributed by atoms with Gasteiger partial charge in [-0.3, -0.25) is 4.79 Å². The highest BCUT2D eigenvalue weighted by atomic mass is 35.5. The van der Waals surface area contributed by atoms with E-state index in [4.69, 9.17) is 0 Å². The number of hydrogen-bond acceptors (Lipinski definition) is 2. The van der Waals surface area contributed by atoms with Crippen LogP contribution in [0.3, 0.4) is 0 Å². The van der Waals surface area contributed by atoms with Gasteiger partial charge in [0.25, 0.3) is 0 Å². The van der Waals surface area contributed by atoms with Crippen molar-refractivity contribution < 1.29 is 4.79 Å². The Morgan fingerprint density at radius 3 is 1.45 bits per heavy atom. The van der Waals surface area contributed by atoms with Crippen molar-refractivity contribution >= 4 is 18.3 Å². The number of halogens is 1. The van der Waals surface area contributed by atoms with Crippen LogP contribution in [-0.2, 0) is 4.79 Å². The van der Waals surface area contributed by atoms with Crippen molar-refractivity contribution in [1.82, 2.24) is 11.1 Å². The maximum atomic E-state index is 11.3. The van der Waals surface area contributed by atoms with Gasteiger partial charge in [-0.2, -0.15) is 0 Å².